The second-order valence-electron chi connectivity index (χ2n) is 28.4. The Bertz CT molecular complexity index is 4640. The summed E-state index contributed by atoms with van der Waals surface area (Å²) in [4.78, 5) is 5.32. The van der Waals surface area contributed by atoms with E-state index in [9.17, 15) is 0 Å². The molecule has 0 saturated carbocycles. The van der Waals surface area contributed by atoms with Gasteiger partial charge in [0.2, 0.25) is 6.71 Å². The number of hydrogen-bond acceptors (Lipinski definition) is 2. The van der Waals surface area contributed by atoms with Gasteiger partial charge in [-0.05, 0) is 164 Å². The molecule has 0 atom stereocenters. The fourth-order valence-electron chi connectivity index (χ4n) is 15.5. The third-order valence-corrected chi connectivity index (χ3v) is 21.1. The van der Waals surface area contributed by atoms with E-state index in [1.807, 2.05) is 11.8 Å². The number of benzene rings is 12. The molecular weight excluding hydrogens is 1090 g/mol. The summed E-state index contributed by atoms with van der Waals surface area (Å²) >= 11 is 1.98. The smallest absolute Gasteiger partial charge is 0.249 e. The molecule has 2 aliphatic carbocycles. The highest BCUT2D eigenvalue weighted by atomic mass is 32.2. The maximum atomic E-state index is 2.72. The van der Waals surface area contributed by atoms with Crippen molar-refractivity contribution in [2.24, 2.45) is 0 Å². The summed E-state index contributed by atoms with van der Waals surface area (Å²) in [5.74, 6) is 0.0766. The lowest BCUT2D eigenvalue weighted by Crippen LogP contribution is -2.60. The molecule has 1 nitrogen and oxygen atoms in total. The predicted molar refractivity (Wildman–Crippen MR) is 379 cm³/mol. The van der Waals surface area contributed by atoms with Gasteiger partial charge >= 0.3 is 0 Å². The molecule has 0 N–H and O–H groups in total. The second-order valence-corrected chi connectivity index (χ2v) is 29.4. The fourth-order valence-corrected chi connectivity index (χ4v) is 16.7. The van der Waals surface area contributed by atoms with Crippen LogP contribution in [0.2, 0.25) is 0 Å². The van der Waals surface area contributed by atoms with E-state index in [0.29, 0.717) is 0 Å². The molecular formula is C86H72BNS. The molecule has 0 bridgehead atoms. The second kappa shape index (κ2) is 20.5. The average molecular weight is 1160 g/mol. The van der Waals surface area contributed by atoms with Crippen molar-refractivity contribution in [1.82, 2.24) is 0 Å². The molecule has 0 radical (unpaired) electrons. The maximum absolute atomic E-state index is 2.72. The van der Waals surface area contributed by atoms with Crippen LogP contribution in [-0.2, 0) is 21.7 Å². The third kappa shape index (κ3) is 8.74. The number of nitrogens with zero attached hydrogens (tertiary/aromatic N) is 1. The van der Waals surface area contributed by atoms with E-state index in [1.54, 1.807) is 0 Å². The summed E-state index contributed by atoms with van der Waals surface area (Å²) in [7, 11) is 0. The molecule has 2 aliphatic heterocycles. The lowest BCUT2D eigenvalue weighted by Gasteiger charge is -2.44. The molecule has 0 amide bonds. The van der Waals surface area contributed by atoms with Gasteiger partial charge in [0.15, 0.2) is 0 Å². The quantitative estimate of drug-likeness (QED) is 0.146. The molecule has 12 aromatic carbocycles. The van der Waals surface area contributed by atoms with Crippen LogP contribution in [0.25, 0.3) is 55.6 Å². The molecule has 2 heterocycles. The van der Waals surface area contributed by atoms with Crippen molar-refractivity contribution in [3.63, 3.8) is 0 Å². The average Bonchev–Trinajstić information content (AvgIpc) is 1.69. The Hall–Kier alpha value is -9.15. The zero-order chi connectivity index (χ0) is 60.7. The van der Waals surface area contributed by atoms with Crippen LogP contribution in [0.4, 0.5) is 17.1 Å². The Balaban J connectivity index is 1.02. The van der Waals surface area contributed by atoms with Crippen molar-refractivity contribution in [1.29, 1.82) is 0 Å². The van der Waals surface area contributed by atoms with Gasteiger partial charge in [-0.25, -0.2) is 0 Å². The molecule has 0 saturated heterocycles. The Morgan fingerprint density at radius 1 is 0.348 bits per heavy atom. The lowest BCUT2D eigenvalue weighted by molar-refractivity contribution is 0.589. The minimum Gasteiger partial charge on any atom is -0.310 e. The van der Waals surface area contributed by atoms with Gasteiger partial charge in [0, 0.05) is 38.2 Å². The van der Waals surface area contributed by atoms with Gasteiger partial charge in [-0.2, -0.15) is 0 Å². The van der Waals surface area contributed by atoms with Gasteiger partial charge in [-0.15, -0.1) is 0 Å². The number of anilines is 3. The molecule has 0 spiro atoms. The Morgan fingerprint density at radius 3 is 1.38 bits per heavy atom. The van der Waals surface area contributed by atoms with Gasteiger partial charge in [-0.1, -0.05) is 310 Å². The highest BCUT2D eigenvalue weighted by Gasteiger charge is 2.50. The zero-order valence-electron chi connectivity index (χ0n) is 52.4. The number of rotatable bonds is 7. The highest BCUT2D eigenvalue weighted by Crippen LogP contribution is 2.59. The molecule has 4 aliphatic rings. The van der Waals surface area contributed by atoms with Crippen LogP contribution in [0.15, 0.2) is 277 Å². The lowest BCUT2D eigenvalue weighted by atomic mass is 9.34. The molecule has 89 heavy (non-hydrogen) atoms. The van der Waals surface area contributed by atoms with Crippen LogP contribution in [0.1, 0.15) is 124 Å². The van der Waals surface area contributed by atoms with Crippen LogP contribution < -0.4 is 21.3 Å². The van der Waals surface area contributed by atoms with Crippen molar-refractivity contribution < 1.29 is 0 Å². The van der Waals surface area contributed by atoms with E-state index in [0.717, 1.165) is 0 Å². The molecule has 3 heteroatoms. The Labute approximate surface area is 531 Å². The molecule has 0 unspecified atom stereocenters. The zero-order valence-corrected chi connectivity index (χ0v) is 53.2. The van der Waals surface area contributed by atoms with Crippen LogP contribution >= 0.6 is 11.8 Å². The van der Waals surface area contributed by atoms with Gasteiger partial charge < -0.3 is 4.90 Å². The third-order valence-electron chi connectivity index (χ3n) is 20.0. The maximum Gasteiger partial charge on any atom is 0.249 e. The normalized spacial score (nSPS) is 14.3. The van der Waals surface area contributed by atoms with E-state index in [1.165, 1.54) is 155 Å². The van der Waals surface area contributed by atoms with Gasteiger partial charge in [0.1, 0.15) is 0 Å². The topological polar surface area (TPSA) is 3.24 Å². The summed E-state index contributed by atoms with van der Waals surface area (Å²) in [6.45, 7) is 21.0. The van der Waals surface area contributed by atoms with Crippen LogP contribution in [-0.4, -0.2) is 6.71 Å². The molecule has 12 aromatic rings. The highest BCUT2D eigenvalue weighted by molar-refractivity contribution is 8.00. The van der Waals surface area contributed by atoms with Crippen LogP contribution in [0.3, 0.4) is 0 Å². The SMILES string of the molecule is CC(C)(C)c1ccc2c(c1)-c1cc(C(C)(C)C)ccc1C2c1ccc2c(c1)Sc1cc(C3(c4ccccc4)c4ccccc4-c4ccccc43)cc3c1B2c1cc(-c2ccccc2)ccc1N3c1c(-c2ccccc2)cc(C(C)(C)C)cc1-c1ccccc1. The molecule has 16 rings (SSSR count). The number of hydrogen-bond donors (Lipinski definition) is 0. The standard InChI is InChI=1S/C86H72BNS/c1-83(2,3)60-40-42-66-70(48-60)71-49-61(84(4,5)6)41-43-67(71)80(66)58-38-44-74-78(47-58)89-79-53-63(86(59-32-20-13-21-33-59)72-36-24-22-34-64(72)65-35-23-25-37-73(65)86)52-77-81(79)87(74)75-46-57(54-26-14-10-15-27-54)39-45-76(75)88(77)82-68(55-28-16-11-17-29-55)50-62(85(7,8)9)51-69(82)56-30-18-12-19-31-56/h10-53,80H,1-9H3. The minimum atomic E-state index is -0.656. The van der Waals surface area contributed by atoms with E-state index < -0.39 is 5.41 Å². The largest absolute Gasteiger partial charge is 0.310 e. The van der Waals surface area contributed by atoms with Crippen molar-refractivity contribution in [2.75, 3.05) is 4.90 Å². The van der Waals surface area contributed by atoms with E-state index in [2.05, 4.69) is 334 Å². The molecule has 430 valence electrons. The Kier molecular flexibility index (Phi) is 12.7. The van der Waals surface area contributed by atoms with Gasteiger partial charge in [0.25, 0.3) is 0 Å². The van der Waals surface area contributed by atoms with Crippen LogP contribution in [0, 0.1) is 0 Å². The summed E-state index contributed by atoms with van der Waals surface area (Å²) in [6.07, 6.45) is 0. The molecule has 0 fully saturated rings. The van der Waals surface area contributed by atoms with E-state index in [-0.39, 0.29) is 28.9 Å². The summed E-state index contributed by atoms with van der Waals surface area (Å²) in [6, 6.07) is 103. The first-order chi connectivity index (χ1) is 43.0. The van der Waals surface area contributed by atoms with Crippen molar-refractivity contribution in [3.05, 3.63) is 323 Å². The molecule has 0 aromatic heterocycles. The van der Waals surface area contributed by atoms with Crippen molar-refractivity contribution >= 4 is 51.9 Å². The minimum absolute atomic E-state index is 0.0125. The fraction of sp³-hybridized carbons (Fsp3) is 0.163. The first-order valence-corrected chi connectivity index (χ1v) is 32.7. The van der Waals surface area contributed by atoms with Gasteiger partial charge in [-0.3, -0.25) is 0 Å². The first kappa shape index (κ1) is 55.2. The summed E-state index contributed by atoms with van der Waals surface area (Å²) in [5, 5.41) is 0. The monoisotopic (exact) mass is 1160 g/mol. The van der Waals surface area contributed by atoms with E-state index in [4.69, 9.17) is 0 Å². The Morgan fingerprint density at radius 2 is 0.843 bits per heavy atom. The van der Waals surface area contributed by atoms with Crippen molar-refractivity contribution in [3.8, 4) is 55.6 Å². The summed E-state index contributed by atoms with van der Waals surface area (Å²) in [5.41, 5.74) is 32.6. The van der Waals surface area contributed by atoms with Crippen molar-refractivity contribution in [2.45, 2.75) is 99.7 Å². The van der Waals surface area contributed by atoms with Crippen LogP contribution in [0.5, 0.6) is 0 Å². The predicted octanol–water partition coefficient (Wildman–Crippen LogP) is 20.9. The number of fused-ring (bicyclic) bond motifs is 10. The summed E-state index contributed by atoms with van der Waals surface area (Å²) < 4.78 is 0. The van der Waals surface area contributed by atoms with E-state index >= 15 is 0 Å². The van der Waals surface area contributed by atoms with Gasteiger partial charge in [0.05, 0.1) is 11.1 Å². The first-order valence-electron chi connectivity index (χ1n) is 31.9.